The number of aromatic nitrogens is 2. The first-order valence-corrected chi connectivity index (χ1v) is 10.7. The van der Waals surface area contributed by atoms with Crippen molar-refractivity contribution in [3.63, 3.8) is 0 Å². The van der Waals surface area contributed by atoms with Gasteiger partial charge in [0.05, 0.1) is 25.6 Å². The zero-order valence-electron chi connectivity index (χ0n) is 17.3. The first-order valence-electron chi connectivity index (χ1n) is 9.22. The Morgan fingerprint density at radius 3 is 2.17 bits per heavy atom. The lowest BCUT2D eigenvalue weighted by Gasteiger charge is -2.34. The van der Waals surface area contributed by atoms with E-state index >= 15 is 0 Å². The zero-order valence-corrected chi connectivity index (χ0v) is 18.1. The molecular formula is C19H26N4O5S. The van der Waals surface area contributed by atoms with Crippen molar-refractivity contribution in [2.24, 2.45) is 7.05 Å². The summed E-state index contributed by atoms with van der Waals surface area (Å²) in [5, 5.41) is 4.21. The fourth-order valence-corrected chi connectivity index (χ4v) is 5.36. The van der Waals surface area contributed by atoms with Crippen LogP contribution in [0, 0.1) is 13.8 Å². The van der Waals surface area contributed by atoms with Crippen molar-refractivity contribution in [1.82, 2.24) is 19.0 Å². The Labute approximate surface area is 170 Å². The number of piperazine rings is 1. The normalized spacial score (nSPS) is 15.4. The summed E-state index contributed by atoms with van der Waals surface area (Å²) in [5.41, 5.74) is 1.55. The van der Waals surface area contributed by atoms with E-state index in [0.29, 0.717) is 41.5 Å². The maximum absolute atomic E-state index is 13.1. The number of carbonyl (C=O) groups is 1. The van der Waals surface area contributed by atoms with E-state index in [1.165, 1.54) is 18.5 Å². The number of nitrogens with zero attached hydrogens (tertiary/aromatic N) is 4. The maximum Gasteiger partial charge on any atom is 0.254 e. The molecule has 0 aliphatic carbocycles. The topological polar surface area (TPSA) is 94.0 Å². The quantitative estimate of drug-likeness (QED) is 0.719. The number of sulfonamides is 1. The molecule has 0 radical (unpaired) electrons. The molecule has 0 unspecified atom stereocenters. The third-order valence-electron chi connectivity index (χ3n) is 5.20. The number of methoxy groups -OCH3 is 2. The second kappa shape index (κ2) is 8.03. The van der Waals surface area contributed by atoms with Gasteiger partial charge in [0.1, 0.15) is 4.90 Å². The lowest BCUT2D eigenvalue weighted by Crippen LogP contribution is -2.50. The molecule has 29 heavy (non-hydrogen) atoms. The van der Waals surface area contributed by atoms with E-state index in [0.717, 1.165) is 0 Å². The number of amides is 1. The minimum absolute atomic E-state index is 0.170. The lowest BCUT2D eigenvalue weighted by molar-refractivity contribution is 0.0697. The van der Waals surface area contributed by atoms with Gasteiger partial charge in [0.15, 0.2) is 11.5 Å². The highest BCUT2D eigenvalue weighted by molar-refractivity contribution is 7.89. The summed E-state index contributed by atoms with van der Waals surface area (Å²) in [7, 11) is 1.11. The fourth-order valence-electron chi connectivity index (χ4n) is 3.54. The highest BCUT2D eigenvalue weighted by Crippen LogP contribution is 2.29. The number of hydrogen-bond acceptors (Lipinski definition) is 6. The van der Waals surface area contributed by atoms with E-state index in [4.69, 9.17) is 9.47 Å². The van der Waals surface area contributed by atoms with Gasteiger partial charge in [0.2, 0.25) is 10.0 Å². The molecular weight excluding hydrogens is 396 g/mol. The maximum atomic E-state index is 13.1. The average Bonchev–Trinajstić information content (AvgIpc) is 2.98. The van der Waals surface area contributed by atoms with Crippen LogP contribution in [0.3, 0.4) is 0 Å². The van der Waals surface area contributed by atoms with Gasteiger partial charge in [-0.3, -0.25) is 9.48 Å². The highest BCUT2D eigenvalue weighted by atomic mass is 32.2. The average molecular weight is 423 g/mol. The van der Waals surface area contributed by atoms with Crippen LogP contribution >= 0.6 is 0 Å². The van der Waals surface area contributed by atoms with E-state index in [1.807, 2.05) is 0 Å². The lowest BCUT2D eigenvalue weighted by atomic mass is 10.1. The molecule has 2 heterocycles. The highest BCUT2D eigenvalue weighted by Gasteiger charge is 2.34. The number of carbonyl (C=O) groups excluding carboxylic acids is 1. The smallest absolute Gasteiger partial charge is 0.254 e. The van der Waals surface area contributed by atoms with Crippen molar-refractivity contribution >= 4 is 15.9 Å². The van der Waals surface area contributed by atoms with Gasteiger partial charge in [-0.05, 0) is 32.0 Å². The number of rotatable bonds is 5. The summed E-state index contributed by atoms with van der Waals surface area (Å²) in [6.45, 7) is 4.51. The van der Waals surface area contributed by atoms with Crippen molar-refractivity contribution in [1.29, 1.82) is 0 Å². The first-order chi connectivity index (χ1) is 13.7. The Hall–Kier alpha value is -2.59. The van der Waals surface area contributed by atoms with Crippen molar-refractivity contribution in [3.8, 4) is 11.5 Å². The molecule has 158 valence electrons. The Bertz CT molecular complexity index is 1020. The zero-order chi connectivity index (χ0) is 21.3. The minimum atomic E-state index is -3.66. The first kappa shape index (κ1) is 21.1. The Balaban J connectivity index is 1.74. The van der Waals surface area contributed by atoms with Crippen LogP contribution in [0.15, 0.2) is 23.1 Å². The van der Waals surface area contributed by atoms with Crippen LogP contribution in [0.5, 0.6) is 11.5 Å². The van der Waals surface area contributed by atoms with Crippen LogP contribution < -0.4 is 9.47 Å². The molecule has 1 aliphatic heterocycles. The van der Waals surface area contributed by atoms with Crippen LogP contribution in [-0.2, 0) is 17.1 Å². The predicted octanol–water partition coefficient (Wildman–Crippen LogP) is 1.20. The van der Waals surface area contributed by atoms with E-state index in [9.17, 15) is 13.2 Å². The standard InChI is InChI=1S/C19H26N4O5S/c1-13-18(14(2)21(3)20-13)29(25,26)23-10-8-22(9-11-23)19(24)15-6-7-16(27-4)17(12-15)28-5/h6-7,12H,8-11H2,1-5H3. The third-order valence-corrected chi connectivity index (χ3v) is 7.35. The van der Waals surface area contributed by atoms with Crippen LogP contribution in [-0.4, -0.2) is 73.7 Å². The largest absolute Gasteiger partial charge is 0.493 e. The molecule has 10 heteroatoms. The molecule has 3 rings (SSSR count). The summed E-state index contributed by atoms with van der Waals surface area (Å²) in [5.74, 6) is 0.848. The van der Waals surface area contributed by atoms with Crippen molar-refractivity contribution in [2.45, 2.75) is 18.7 Å². The minimum Gasteiger partial charge on any atom is -0.493 e. The molecule has 0 atom stereocenters. The van der Waals surface area contributed by atoms with Crippen molar-refractivity contribution in [2.75, 3.05) is 40.4 Å². The van der Waals surface area contributed by atoms with Gasteiger partial charge in [0, 0.05) is 38.8 Å². The summed E-state index contributed by atoms with van der Waals surface area (Å²) in [6.07, 6.45) is 0. The number of ether oxygens (including phenoxy) is 2. The van der Waals surface area contributed by atoms with Crippen LogP contribution in [0.2, 0.25) is 0 Å². The molecule has 2 aromatic rings. The Morgan fingerprint density at radius 2 is 1.66 bits per heavy atom. The molecule has 1 amide bonds. The fraction of sp³-hybridized carbons (Fsp3) is 0.474. The van der Waals surface area contributed by atoms with Crippen LogP contribution in [0.4, 0.5) is 0 Å². The number of hydrogen-bond donors (Lipinski definition) is 0. The molecule has 1 fully saturated rings. The van der Waals surface area contributed by atoms with Gasteiger partial charge in [-0.25, -0.2) is 8.42 Å². The van der Waals surface area contributed by atoms with E-state index in [2.05, 4.69) is 5.10 Å². The molecule has 1 aromatic carbocycles. The number of benzene rings is 1. The summed E-state index contributed by atoms with van der Waals surface area (Å²) in [6, 6.07) is 4.99. The van der Waals surface area contributed by atoms with Gasteiger partial charge in [-0.1, -0.05) is 0 Å². The van der Waals surface area contributed by atoms with Gasteiger partial charge in [-0.2, -0.15) is 9.40 Å². The molecule has 9 nitrogen and oxygen atoms in total. The van der Waals surface area contributed by atoms with E-state index < -0.39 is 10.0 Å². The third kappa shape index (κ3) is 3.82. The van der Waals surface area contributed by atoms with Crippen molar-refractivity contribution < 1.29 is 22.7 Å². The Morgan fingerprint density at radius 1 is 1.03 bits per heavy atom. The molecule has 1 saturated heterocycles. The van der Waals surface area contributed by atoms with Crippen LogP contribution in [0.25, 0.3) is 0 Å². The number of aryl methyl sites for hydroxylation is 2. The molecule has 0 saturated carbocycles. The molecule has 1 aromatic heterocycles. The second-order valence-electron chi connectivity index (χ2n) is 6.89. The second-order valence-corrected chi connectivity index (χ2v) is 8.76. The van der Waals surface area contributed by atoms with E-state index in [1.54, 1.807) is 48.7 Å². The summed E-state index contributed by atoms with van der Waals surface area (Å²) in [4.78, 5) is 14.8. The molecule has 0 spiro atoms. The predicted molar refractivity (Wildman–Crippen MR) is 107 cm³/mol. The summed E-state index contributed by atoms with van der Waals surface area (Å²) < 4.78 is 39.6. The monoisotopic (exact) mass is 422 g/mol. The van der Waals surface area contributed by atoms with Crippen molar-refractivity contribution in [3.05, 3.63) is 35.2 Å². The van der Waals surface area contributed by atoms with E-state index in [-0.39, 0.29) is 23.9 Å². The molecule has 0 N–H and O–H groups in total. The van der Waals surface area contributed by atoms with Crippen LogP contribution in [0.1, 0.15) is 21.7 Å². The van der Waals surface area contributed by atoms with Gasteiger partial charge in [-0.15, -0.1) is 0 Å². The SMILES string of the molecule is COc1ccc(C(=O)N2CCN(S(=O)(=O)c3c(C)nn(C)c3C)CC2)cc1OC. The summed E-state index contributed by atoms with van der Waals surface area (Å²) >= 11 is 0. The molecule has 1 aliphatic rings. The van der Waals surface area contributed by atoms with Gasteiger partial charge < -0.3 is 14.4 Å². The van der Waals surface area contributed by atoms with Gasteiger partial charge >= 0.3 is 0 Å². The Kier molecular flexibility index (Phi) is 5.85. The molecule has 0 bridgehead atoms. The van der Waals surface area contributed by atoms with Gasteiger partial charge in [0.25, 0.3) is 5.91 Å².